The summed E-state index contributed by atoms with van der Waals surface area (Å²) in [7, 11) is 0.146. The average Bonchev–Trinajstić information content (AvgIpc) is 2.46. The smallest absolute Gasteiger partial charge is 0.232 e. The normalized spacial score (nSPS) is 11.9. The molecule has 1 amide bonds. The third-order valence-electron chi connectivity index (χ3n) is 2.64. The van der Waals surface area contributed by atoms with Crippen LogP contribution in [0.3, 0.4) is 0 Å². The van der Waals surface area contributed by atoms with Crippen LogP contribution in [0.25, 0.3) is 0 Å². The Hall–Kier alpha value is -1.67. The van der Waals surface area contributed by atoms with E-state index in [2.05, 4.69) is 10.3 Å². The number of aromatic amines is 1. The van der Waals surface area contributed by atoms with Crippen LogP contribution in [-0.4, -0.2) is 47.7 Å². The van der Waals surface area contributed by atoms with Crippen LogP contribution >= 0.6 is 0 Å². The molecule has 0 bridgehead atoms. The van der Waals surface area contributed by atoms with E-state index in [4.69, 9.17) is 9.47 Å². The van der Waals surface area contributed by atoms with Gasteiger partial charge in [0.25, 0.3) is 0 Å². The minimum Gasteiger partial charge on any atom is -0.488 e. The summed E-state index contributed by atoms with van der Waals surface area (Å²) >= 11 is 0. The summed E-state index contributed by atoms with van der Waals surface area (Å²) in [5.74, 6) is -0.0600. The van der Waals surface area contributed by atoms with Crippen molar-refractivity contribution in [3.8, 4) is 5.75 Å². The molecule has 0 spiro atoms. The summed E-state index contributed by atoms with van der Waals surface area (Å²) in [6, 6.07) is 1.35. The molecule has 1 heterocycles. The Labute approximate surface area is 131 Å². The molecule has 1 aromatic heterocycles. The van der Waals surface area contributed by atoms with E-state index in [0.29, 0.717) is 25.5 Å². The number of aromatic nitrogens is 1. The van der Waals surface area contributed by atoms with Crippen molar-refractivity contribution in [2.24, 2.45) is 0 Å². The molecule has 0 aliphatic carbocycles. The molecule has 7 nitrogen and oxygen atoms in total. The van der Waals surface area contributed by atoms with Crippen molar-refractivity contribution in [2.75, 3.05) is 32.6 Å². The third-order valence-corrected chi connectivity index (χ3v) is 3.85. The molecule has 0 fully saturated rings. The molecule has 0 saturated heterocycles. The van der Waals surface area contributed by atoms with E-state index in [1.807, 2.05) is 6.92 Å². The molecule has 0 aromatic carbocycles. The molecule has 124 valence electrons. The van der Waals surface area contributed by atoms with Gasteiger partial charge in [-0.1, -0.05) is 6.92 Å². The van der Waals surface area contributed by atoms with E-state index in [9.17, 15) is 13.8 Å². The minimum atomic E-state index is -1.39. The van der Waals surface area contributed by atoms with Crippen molar-refractivity contribution >= 4 is 16.7 Å². The summed E-state index contributed by atoms with van der Waals surface area (Å²) in [4.78, 5) is 26.2. The highest BCUT2D eigenvalue weighted by Gasteiger charge is 2.10. The van der Waals surface area contributed by atoms with E-state index >= 15 is 0 Å². The molecule has 8 heteroatoms. The van der Waals surface area contributed by atoms with Gasteiger partial charge >= 0.3 is 0 Å². The Bertz CT molecular complexity index is 558. The van der Waals surface area contributed by atoms with Gasteiger partial charge in [0, 0.05) is 42.4 Å². The molecule has 2 N–H and O–H groups in total. The number of hydrogen-bond donors (Lipinski definition) is 2. The molecule has 0 saturated carbocycles. The second-order valence-electron chi connectivity index (χ2n) is 4.61. The van der Waals surface area contributed by atoms with Gasteiger partial charge < -0.3 is 19.8 Å². The van der Waals surface area contributed by atoms with Gasteiger partial charge in [-0.05, 0) is 6.42 Å². The highest BCUT2D eigenvalue weighted by atomic mass is 32.2. The van der Waals surface area contributed by atoms with Gasteiger partial charge in [-0.3, -0.25) is 13.8 Å². The predicted molar refractivity (Wildman–Crippen MR) is 84.4 cm³/mol. The second-order valence-corrected chi connectivity index (χ2v) is 6.06. The number of amides is 1. The molecule has 1 aromatic rings. The van der Waals surface area contributed by atoms with Gasteiger partial charge in [0.15, 0.2) is 5.75 Å². The minimum absolute atomic E-state index is 0.111. The largest absolute Gasteiger partial charge is 0.488 e. The lowest BCUT2D eigenvalue weighted by Gasteiger charge is -2.06. The maximum absolute atomic E-state index is 11.9. The van der Waals surface area contributed by atoms with Crippen molar-refractivity contribution < 1.29 is 18.5 Å². The lowest BCUT2D eigenvalue weighted by molar-refractivity contribution is -0.118. The van der Waals surface area contributed by atoms with Crippen LogP contribution in [0.1, 0.15) is 19.0 Å². The Kier molecular flexibility index (Phi) is 8.46. The fraction of sp³-hybridized carbons (Fsp3) is 0.571. The molecule has 1 rings (SSSR count). The molecule has 0 aliphatic heterocycles. The number of rotatable bonds is 10. The second kappa shape index (κ2) is 10.1. The summed E-state index contributed by atoms with van der Waals surface area (Å²) in [5, 5.41) is 2.60. The summed E-state index contributed by atoms with van der Waals surface area (Å²) in [5.41, 5.74) is 0.251. The van der Waals surface area contributed by atoms with Gasteiger partial charge in [0.05, 0.1) is 19.0 Å². The number of H-pyrrole nitrogens is 1. The van der Waals surface area contributed by atoms with Gasteiger partial charge in [-0.15, -0.1) is 0 Å². The fourth-order valence-corrected chi connectivity index (χ4v) is 2.63. The lowest BCUT2D eigenvalue weighted by Crippen LogP contribution is -2.31. The summed E-state index contributed by atoms with van der Waals surface area (Å²) in [6.07, 6.45) is 2.27. The predicted octanol–water partition coefficient (Wildman–Crippen LogP) is 0.175. The van der Waals surface area contributed by atoms with Crippen molar-refractivity contribution in [2.45, 2.75) is 19.1 Å². The fourth-order valence-electron chi connectivity index (χ4n) is 1.62. The van der Waals surface area contributed by atoms with Gasteiger partial charge in [-0.2, -0.15) is 0 Å². The van der Waals surface area contributed by atoms with Crippen LogP contribution in [0.2, 0.25) is 0 Å². The number of methoxy groups -OCH3 is 1. The molecule has 0 aliphatic rings. The van der Waals surface area contributed by atoms with Gasteiger partial charge in [0.2, 0.25) is 11.3 Å². The number of carbonyl (C=O) groups is 1. The average molecular weight is 330 g/mol. The zero-order valence-electron chi connectivity index (χ0n) is 12.8. The van der Waals surface area contributed by atoms with Crippen LogP contribution in [0.5, 0.6) is 5.75 Å². The van der Waals surface area contributed by atoms with Crippen LogP contribution in [-0.2, 0) is 26.1 Å². The first kappa shape index (κ1) is 18.4. The van der Waals surface area contributed by atoms with Crippen LogP contribution < -0.4 is 15.5 Å². The van der Waals surface area contributed by atoms with Crippen LogP contribution in [0.15, 0.2) is 17.1 Å². The molecule has 22 heavy (non-hydrogen) atoms. The number of pyridine rings is 1. The van der Waals surface area contributed by atoms with E-state index in [-0.39, 0.29) is 28.6 Å². The molecular formula is C14H22N2O5S. The summed E-state index contributed by atoms with van der Waals surface area (Å²) < 4.78 is 22.0. The topological polar surface area (TPSA) is 97.5 Å². The zero-order valence-corrected chi connectivity index (χ0v) is 13.7. The number of hydrogen-bond acceptors (Lipinski definition) is 5. The monoisotopic (exact) mass is 330 g/mol. The Morgan fingerprint density at radius 1 is 1.41 bits per heavy atom. The number of carbonyl (C=O) groups excluding carboxylic acids is 1. The van der Waals surface area contributed by atoms with E-state index in [1.54, 1.807) is 0 Å². The summed E-state index contributed by atoms with van der Waals surface area (Å²) in [6.45, 7) is 3.21. The van der Waals surface area contributed by atoms with Crippen molar-refractivity contribution in [3.05, 3.63) is 28.2 Å². The molecule has 1 unspecified atom stereocenters. The van der Waals surface area contributed by atoms with Gasteiger partial charge in [-0.25, -0.2) is 0 Å². The van der Waals surface area contributed by atoms with Crippen LogP contribution in [0, 0.1) is 0 Å². The van der Waals surface area contributed by atoms with Crippen molar-refractivity contribution in [1.29, 1.82) is 0 Å². The zero-order chi connectivity index (χ0) is 16.4. The quantitative estimate of drug-likeness (QED) is 0.596. The van der Waals surface area contributed by atoms with E-state index in [0.717, 1.165) is 6.42 Å². The highest BCUT2D eigenvalue weighted by molar-refractivity contribution is 7.84. The van der Waals surface area contributed by atoms with Crippen molar-refractivity contribution in [3.63, 3.8) is 0 Å². The third kappa shape index (κ3) is 6.86. The molecule has 1 atom stereocenters. The first-order chi connectivity index (χ1) is 10.6. The molecule has 0 radical (unpaired) electrons. The first-order valence-electron chi connectivity index (χ1n) is 7.01. The first-order valence-corrected chi connectivity index (χ1v) is 8.50. The Balaban J connectivity index is 2.49. The number of ether oxygens (including phenoxy) is 2. The highest BCUT2D eigenvalue weighted by Crippen LogP contribution is 2.04. The van der Waals surface area contributed by atoms with Gasteiger partial charge in [0.1, 0.15) is 5.75 Å². The molecular weight excluding hydrogens is 308 g/mol. The van der Waals surface area contributed by atoms with Crippen molar-refractivity contribution in [1.82, 2.24) is 10.3 Å². The number of nitrogens with one attached hydrogen (secondary N) is 2. The van der Waals surface area contributed by atoms with E-state index < -0.39 is 10.8 Å². The maximum Gasteiger partial charge on any atom is 0.232 e. The van der Waals surface area contributed by atoms with Crippen LogP contribution in [0.4, 0.5) is 0 Å². The SMILES string of the molecule is CCCOc1c[nH]c(CS(=O)CC(=O)NCCOC)cc1=O. The Morgan fingerprint density at radius 3 is 2.82 bits per heavy atom. The standard InChI is InChI=1S/C14H22N2O5S/c1-3-5-21-13-8-16-11(7-12(13)17)9-22(19)10-14(18)15-4-6-20-2/h7-8H,3-6,9-10H2,1-2H3,(H,15,18)(H,16,17). The Morgan fingerprint density at radius 2 is 2.18 bits per heavy atom. The van der Waals surface area contributed by atoms with E-state index in [1.165, 1.54) is 19.4 Å². The lowest BCUT2D eigenvalue weighted by atomic mass is 10.3. The maximum atomic E-state index is 11.9.